The van der Waals surface area contributed by atoms with Gasteiger partial charge in [0, 0.05) is 18.1 Å². The minimum Gasteiger partial charge on any atom is -0.355 e. The topological polar surface area (TPSA) is 12.4 Å². The summed E-state index contributed by atoms with van der Waals surface area (Å²) in [5, 5.41) is 0. The third kappa shape index (κ3) is 3.41. The molecule has 0 bridgehead atoms. The van der Waals surface area contributed by atoms with E-state index in [2.05, 4.69) is 31.1 Å². The first kappa shape index (κ1) is 10.8. The molecule has 0 aliphatic heterocycles. The Morgan fingerprint density at radius 3 is 2.87 bits per heavy atom. The Hall–Kier alpha value is -0.705. The van der Waals surface area contributed by atoms with E-state index in [0.717, 1.165) is 18.7 Å². The van der Waals surface area contributed by atoms with E-state index in [4.69, 9.17) is 0 Å². The molecule has 0 aromatic rings. The Morgan fingerprint density at radius 2 is 2.07 bits per heavy atom. The van der Waals surface area contributed by atoms with Gasteiger partial charge in [0.25, 0.3) is 7.41 Å². The van der Waals surface area contributed by atoms with Crippen molar-refractivity contribution in [2.75, 3.05) is 0 Å². The summed E-state index contributed by atoms with van der Waals surface area (Å²) in [5.41, 5.74) is 1.30. The van der Waals surface area contributed by atoms with Crippen molar-refractivity contribution in [3.63, 3.8) is 0 Å². The molecule has 15 heavy (non-hydrogen) atoms. The van der Waals surface area contributed by atoms with Crippen LogP contribution < -0.4 is 0 Å². The van der Waals surface area contributed by atoms with E-state index in [9.17, 15) is 0 Å². The van der Waals surface area contributed by atoms with Crippen molar-refractivity contribution >= 4 is 13.1 Å². The van der Waals surface area contributed by atoms with Crippen LogP contribution in [0.3, 0.4) is 0 Å². The summed E-state index contributed by atoms with van der Waals surface area (Å²) in [7, 11) is 2.19. The van der Waals surface area contributed by atoms with Crippen LogP contribution in [0.2, 0.25) is 5.82 Å². The summed E-state index contributed by atoms with van der Waals surface area (Å²) in [6.07, 6.45) is 8.69. The van der Waals surface area contributed by atoms with Crippen LogP contribution in [-0.4, -0.2) is 13.1 Å². The van der Waals surface area contributed by atoms with Gasteiger partial charge in [-0.1, -0.05) is 44.4 Å². The van der Waals surface area contributed by atoms with Crippen LogP contribution in [0.25, 0.3) is 0 Å². The molecule has 0 heterocycles. The van der Waals surface area contributed by atoms with Crippen LogP contribution in [0, 0.1) is 17.8 Å². The van der Waals surface area contributed by atoms with E-state index in [1.807, 2.05) is 0 Å². The van der Waals surface area contributed by atoms with E-state index >= 15 is 0 Å². The molecule has 2 aliphatic rings. The summed E-state index contributed by atoms with van der Waals surface area (Å²) in [6.45, 7) is 2.20. The minimum atomic E-state index is 0.559. The van der Waals surface area contributed by atoms with Crippen LogP contribution in [0.5, 0.6) is 0 Å². The molecule has 2 heteroatoms. The van der Waals surface area contributed by atoms with Gasteiger partial charge in [-0.2, -0.15) is 0 Å². The Balaban J connectivity index is 1.82. The first-order chi connectivity index (χ1) is 7.34. The Morgan fingerprint density at radius 1 is 1.27 bits per heavy atom. The van der Waals surface area contributed by atoms with Gasteiger partial charge in [-0.05, 0) is 18.7 Å². The lowest BCUT2D eigenvalue weighted by atomic mass is 9.75. The van der Waals surface area contributed by atoms with Gasteiger partial charge in [0.2, 0.25) is 0 Å². The molecule has 0 aromatic carbocycles. The van der Waals surface area contributed by atoms with Gasteiger partial charge < -0.3 is 4.90 Å². The molecule has 2 aliphatic carbocycles. The molecule has 2 rings (SSSR count). The molecule has 1 nitrogen and oxygen atoms in total. The van der Waals surface area contributed by atoms with Crippen molar-refractivity contribution in [3.05, 3.63) is 0 Å². The van der Waals surface area contributed by atoms with Crippen LogP contribution in [0.1, 0.15) is 51.9 Å². The van der Waals surface area contributed by atoms with Crippen molar-refractivity contribution in [1.82, 2.24) is 0 Å². The molecule has 0 spiro atoms. The Labute approximate surface area is 94.0 Å². The SMILES string of the molecule is CC1C#CCC(=N[B]C2CCCC2)CC1. The summed E-state index contributed by atoms with van der Waals surface area (Å²) in [5.74, 6) is 7.79. The van der Waals surface area contributed by atoms with Crippen LogP contribution >= 0.6 is 0 Å². The fraction of sp³-hybridized carbons (Fsp3) is 0.769. The first-order valence-corrected chi connectivity index (χ1v) is 6.22. The molecule has 1 unspecified atom stereocenters. The van der Waals surface area contributed by atoms with Crippen LogP contribution in [0.4, 0.5) is 0 Å². The summed E-state index contributed by atoms with van der Waals surface area (Å²) in [6, 6.07) is 0. The fourth-order valence-electron chi connectivity index (χ4n) is 2.30. The normalized spacial score (nSPS) is 29.7. The van der Waals surface area contributed by atoms with Crippen molar-refractivity contribution < 1.29 is 0 Å². The van der Waals surface area contributed by atoms with E-state index < -0.39 is 0 Å². The highest BCUT2D eigenvalue weighted by Gasteiger charge is 2.16. The van der Waals surface area contributed by atoms with Gasteiger partial charge in [0.05, 0.1) is 0 Å². The molecule has 0 amide bonds. The maximum absolute atomic E-state index is 4.65. The third-order valence-corrected chi connectivity index (χ3v) is 3.37. The van der Waals surface area contributed by atoms with Gasteiger partial charge in [-0.3, -0.25) is 0 Å². The first-order valence-electron chi connectivity index (χ1n) is 6.22. The molecular weight excluding hydrogens is 181 g/mol. The summed E-state index contributed by atoms with van der Waals surface area (Å²) >= 11 is 0. The van der Waals surface area contributed by atoms with E-state index in [0.29, 0.717) is 5.92 Å². The third-order valence-electron chi connectivity index (χ3n) is 3.37. The quantitative estimate of drug-likeness (QED) is 0.479. The van der Waals surface area contributed by atoms with Gasteiger partial charge >= 0.3 is 0 Å². The van der Waals surface area contributed by atoms with Crippen LogP contribution in [-0.2, 0) is 0 Å². The lowest BCUT2D eigenvalue weighted by Crippen LogP contribution is -2.04. The standard InChI is InChI=1S/C13H19BN/c1-11-5-4-8-13(10-9-11)15-14-12-6-2-3-7-12/h11-12H,2-3,6-10H2,1H3. The summed E-state index contributed by atoms with van der Waals surface area (Å²) in [4.78, 5) is 4.65. The average Bonchev–Trinajstić information content (AvgIpc) is 2.66. The largest absolute Gasteiger partial charge is 0.355 e. The summed E-state index contributed by atoms with van der Waals surface area (Å²) < 4.78 is 0. The van der Waals surface area contributed by atoms with Crippen LogP contribution in [0.15, 0.2) is 4.90 Å². The predicted molar refractivity (Wildman–Crippen MR) is 66.2 cm³/mol. The number of nitrogens with zero attached hydrogens (tertiary/aromatic N) is 1. The zero-order chi connectivity index (χ0) is 10.5. The zero-order valence-electron chi connectivity index (χ0n) is 9.63. The Kier molecular flexibility index (Phi) is 3.89. The number of hydrogen-bond donors (Lipinski definition) is 0. The number of rotatable bonds is 2. The second-order valence-electron chi connectivity index (χ2n) is 4.83. The van der Waals surface area contributed by atoms with E-state index in [-0.39, 0.29) is 0 Å². The molecule has 79 valence electrons. The van der Waals surface area contributed by atoms with Crippen molar-refractivity contribution in [1.29, 1.82) is 0 Å². The van der Waals surface area contributed by atoms with Gasteiger partial charge in [0.15, 0.2) is 0 Å². The lowest BCUT2D eigenvalue weighted by molar-refractivity contribution is 0.695. The molecule has 1 atom stereocenters. The maximum atomic E-state index is 4.65. The minimum absolute atomic E-state index is 0.559. The highest BCUT2D eigenvalue weighted by Crippen LogP contribution is 2.29. The van der Waals surface area contributed by atoms with E-state index in [1.165, 1.54) is 37.8 Å². The Bertz CT molecular complexity index is 291. The zero-order valence-corrected chi connectivity index (χ0v) is 9.63. The molecule has 0 N–H and O–H groups in total. The highest BCUT2D eigenvalue weighted by molar-refractivity contribution is 6.38. The second kappa shape index (κ2) is 5.40. The molecule has 0 aromatic heterocycles. The fourth-order valence-corrected chi connectivity index (χ4v) is 2.30. The van der Waals surface area contributed by atoms with E-state index in [1.54, 1.807) is 0 Å². The molecule has 0 saturated heterocycles. The van der Waals surface area contributed by atoms with Crippen molar-refractivity contribution in [2.24, 2.45) is 10.8 Å². The number of hydrogen-bond acceptors (Lipinski definition) is 1. The smallest absolute Gasteiger partial charge is 0.278 e. The van der Waals surface area contributed by atoms with Gasteiger partial charge in [0.1, 0.15) is 0 Å². The van der Waals surface area contributed by atoms with Gasteiger partial charge in [-0.15, -0.1) is 0 Å². The predicted octanol–water partition coefficient (Wildman–Crippen LogP) is 3.23. The van der Waals surface area contributed by atoms with Gasteiger partial charge in [-0.25, -0.2) is 0 Å². The monoisotopic (exact) mass is 200 g/mol. The van der Waals surface area contributed by atoms with Crippen molar-refractivity contribution in [2.45, 2.75) is 57.7 Å². The molecule has 1 radical (unpaired) electrons. The average molecular weight is 200 g/mol. The highest BCUT2D eigenvalue weighted by atomic mass is 14.6. The second-order valence-corrected chi connectivity index (χ2v) is 4.83. The molecule has 1 fully saturated rings. The maximum Gasteiger partial charge on any atom is 0.278 e. The van der Waals surface area contributed by atoms with Crippen molar-refractivity contribution in [3.8, 4) is 11.8 Å². The molecule has 1 saturated carbocycles. The lowest BCUT2D eigenvalue weighted by Gasteiger charge is -2.05. The molecular formula is C13H19BN.